The number of hydrogen-bond acceptors (Lipinski definition) is 6. The molecule has 0 aliphatic carbocycles. The Bertz CT molecular complexity index is 811. The Morgan fingerprint density at radius 2 is 1.71 bits per heavy atom. The summed E-state index contributed by atoms with van der Waals surface area (Å²) in [6.45, 7) is 3.28. The third-order valence-corrected chi connectivity index (χ3v) is 4.38. The molecule has 2 amide bonds. The summed E-state index contributed by atoms with van der Waals surface area (Å²) < 4.78 is 10.1. The highest BCUT2D eigenvalue weighted by Gasteiger charge is 2.25. The molecule has 2 aromatic rings. The van der Waals surface area contributed by atoms with E-state index in [1.807, 2.05) is 0 Å². The standard InChI is InChI=1S/C19H22N4O5/c1-2-27-19(26)23-11-9-22(10-12-23)16(24)13-28-18(25)15-5-3-14(4-6-15)17-20-7-8-21-17/h3-8H,2,9-13H2,1H3,(H,20,21). The van der Waals surface area contributed by atoms with Gasteiger partial charge in [-0.25, -0.2) is 14.6 Å². The maximum atomic E-state index is 12.2. The average molecular weight is 386 g/mol. The van der Waals surface area contributed by atoms with E-state index in [1.54, 1.807) is 53.4 Å². The third kappa shape index (κ3) is 4.67. The molecule has 148 valence electrons. The SMILES string of the molecule is CCOC(=O)N1CCN(C(=O)COC(=O)c2ccc(-c3ncc[nH]3)cc2)CC1. The molecule has 28 heavy (non-hydrogen) atoms. The van der Waals surface area contributed by atoms with Gasteiger partial charge in [-0.15, -0.1) is 0 Å². The van der Waals surface area contributed by atoms with Gasteiger partial charge in [0.1, 0.15) is 5.82 Å². The van der Waals surface area contributed by atoms with Gasteiger partial charge >= 0.3 is 12.1 Å². The van der Waals surface area contributed by atoms with E-state index in [-0.39, 0.29) is 18.6 Å². The van der Waals surface area contributed by atoms with Crippen LogP contribution in [0.3, 0.4) is 0 Å². The van der Waals surface area contributed by atoms with Crippen LogP contribution in [0.2, 0.25) is 0 Å². The number of rotatable bonds is 5. The minimum atomic E-state index is -0.565. The van der Waals surface area contributed by atoms with E-state index < -0.39 is 5.97 Å². The van der Waals surface area contributed by atoms with Gasteiger partial charge < -0.3 is 24.3 Å². The zero-order chi connectivity index (χ0) is 19.9. The van der Waals surface area contributed by atoms with Gasteiger partial charge in [0.05, 0.1) is 12.2 Å². The summed E-state index contributed by atoms with van der Waals surface area (Å²) in [7, 11) is 0. The zero-order valence-electron chi connectivity index (χ0n) is 15.6. The van der Waals surface area contributed by atoms with Gasteiger partial charge in [0.2, 0.25) is 0 Å². The lowest BCUT2D eigenvalue weighted by molar-refractivity contribution is -0.136. The molecule has 0 spiro atoms. The van der Waals surface area contributed by atoms with Gasteiger partial charge in [0.25, 0.3) is 5.91 Å². The number of hydrogen-bond donors (Lipinski definition) is 1. The first-order valence-corrected chi connectivity index (χ1v) is 9.05. The number of aromatic nitrogens is 2. The van der Waals surface area contributed by atoms with Crippen molar-refractivity contribution in [3.05, 3.63) is 42.2 Å². The van der Waals surface area contributed by atoms with Crippen molar-refractivity contribution in [3.8, 4) is 11.4 Å². The monoisotopic (exact) mass is 386 g/mol. The molecular formula is C19H22N4O5. The van der Waals surface area contributed by atoms with Crippen LogP contribution in [0, 0.1) is 0 Å². The van der Waals surface area contributed by atoms with Gasteiger partial charge in [-0.1, -0.05) is 12.1 Å². The molecule has 1 N–H and O–H groups in total. The molecule has 9 heteroatoms. The van der Waals surface area contributed by atoms with Crippen molar-refractivity contribution < 1.29 is 23.9 Å². The Kier molecular flexibility index (Phi) is 6.25. The van der Waals surface area contributed by atoms with Crippen molar-refractivity contribution in [2.24, 2.45) is 0 Å². The van der Waals surface area contributed by atoms with Gasteiger partial charge in [-0.05, 0) is 19.1 Å². The number of amides is 2. The minimum absolute atomic E-state index is 0.288. The topological polar surface area (TPSA) is 105 Å². The second-order valence-electron chi connectivity index (χ2n) is 6.16. The zero-order valence-corrected chi connectivity index (χ0v) is 15.6. The van der Waals surface area contributed by atoms with Crippen molar-refractivity contribution in [2.75, 3.05) is 39.4 Å². The molecule has 1 aromatic carbocycles. The first-order valence-electron chi connectivity index (χ1n) is 9.05. The molecule has 0 saturated carbocycles. The Morgan fingerprint density at radius 1 is 1.04 bits per heavy atom. The molecule has 1 fully saturated rings. The van der Waals surface area contributed by atoms with Crippen LogP contribution in [0.25, 0.3) is 11.4 Å². The van der Waals surface area contributed by atoms with Crippen LogP contribution in [0.5, 0.6) is 0 Å². The number of carbonyl (C=O) groups is 3. The third-order valence-electron chi connectivity index (χ3n) is 4.38. The largest absolute Gasteiger partial charge is 0.452 e. The second kappa shape index (κ2) is 9.03. The maximum Gasteiger partial charge on any atom is 0.409 e. The van der Waals surface area contributed by atoms with Gasteiger partial charge in [0.15, 0.2) is 6.61 Å². The van der Waals surface area contributed by atoms with E-state index in [0.29, 0.717) is 44.2 Å². The molecule has 1 saturated heterocycles. The minimum Gasteiger partial charge on any atom is -0.452 e. The van der Waals surface area contributed by atoms with Crippen LogP contribution in [0.4, 0.5) is 4.79 Å². The van der Waals surface area contributed by atoms with E-state index >= 15 is 0 Å². The molecule has 1 aliphatic rings. The van der Waals surface area contributed by atoms with E-state index in [0.717, 1.165) is 5.56 Å². The van der Waals surface area contributed by atoms with Crippen LogP contribution in [0.1, 0.15) is 17.3 Å². The molecule has 9 nitrogen and oxygen atoms in total. The fourth-order valence-corrected chi connectivity index (χ4v) is 2.84. The summed E-state index contributed by atoms with van der Waals surface area (Å²) in [5.41, 5.74) is 1.20. The quantitative estimate of drug-likeness (QED) is 0.782. The lowest BCUT2D eigenvalue weighted by Gasteiger charge is -2.33. The number of nitrogens with one attached hydrogen (secondary N) is 1. The predicted octanol–water partition coefficient (Wildman–Crippen LogP) is 1.53. The lowest BCUT2D eigenvalue weighted by atomic mass is 10.1. The van der Waals surface area contributed by atoms with Crippen molar-refractivity contribution in [1.29, 1.82) is 0 Å². The summed E-state index contributed by atoms with van der Waals surface area (Å²) >= 11 is 0. The normalized spacial score (nSPS) is 13.9. The Morgan fingerprint density at radius 3 is 2.32 bits per heavy atom. The Labute approximate surface area is 162 Å². The Hall–Kier alpha value is -3.36. The van der Waals surface area contributed by atoms with Crippen molar-refractivity contribution in [2.45, 2.75) is 6.92 Å². The van der Waals surface area contributed by atoms with Crippen LogP contribution in [-0.4, -0.2) is 77.1 Å². The average Bonchev–Trinajstić information content (AvgIpc) is 3.27. The fourth-order valence-electron chi connectivity index (χ4n) is 2.84. The summed E-state index contributed by atoms with van der Waals surface area (Å²) in [6.07, 6.45) is 2.99. The molecule has 1 aliphatic heterocycles. The highest BCUT2D eigenvalue weighted by molar-refractivity contribution is 5.91. The maximum absolute atomic E-state index is 12.2. The Balaban J connectivity index is 1.46. The van der Waals surface area contributed by atoms with Crippen LogP contribution < -0.4 is 0 Å². The number of nitrogens with zero attached hydrogens (tertiary/aromatic N) is 3. The summed E-state index contributed by atoms with van der Waals surface area (Å²) in [6, 6.07) is 6.77. The number of imidazole rings is 1. The van der Waals surface area contributed by atoms with Crippen LogP contribution >= 0.6 is 0 Å². The first-order chi connectivity index (χ1) is 13.6. The number of benzene rings is 1. The van der Waals surface area contributed by atoms with Gasteiger partial charge in [-0.2, -0.15) is 0 Å². The number of piperazine rings is 1. The highest BCUT2D eigenvalue weighted by Crippen LogP contribution is 2.15. The van der Waals surface area contributed by atoms with Crippen molar-refractivity contribution in [1.82, 2.24) is 19.8 Å². The van der Waals surface area contributed by atoms with Gasteiger partial charge in [0, 0.05) is 44.1 Å². The van der Waals surface area contributed by atoms with Crippen molar-refractivity contribution in [3.63, 3.8) is 0 Å². The molecule has 0 radical (unpaired) electrons. The smallest absolute Gasteiger partial charge is 0.409 e. The predicted molar refractivity (Wildman–Crippen MR) is 99.5 cm³/mol. The van der Waals surface area contributed by atoms with E-state index in [2.05, 4.69) is 9.97 Å². The number of H-pyrrole nitrogens is 1. The number of carbonyl (C=O) groups excluding carboxylic acids is 3. The molecular weight excluding hydrogens is 364 g/mol. The molecule has 0 unspecified atom stereocenters. The number of esters is 1. The number of aromatic amines is 1. The van der Waals surface area contributed by atoms with Crippen molar-refractivity contribution >= 4 is 18.0 Å². The highest BCUT2D eigenvalue weighted by atomic mass is 16.6. The number of ether oxygens (including phenoxy) is 2. The van der Waals surface area contributed by atoms with E-state index in [1.165, 1.54) is 0 Å². The first kappa shape index (κ1) is 19.4. The fraction of sp³-hybridized carbons (Fsp3) is 0.368. The summed E-state index contributed by atoms with van der Waals surface area (Å²) in [4.78, 5) is 46.3. The van der Waals surface area contributed by atoms with E-state index in [4.69, 9.17) is 9.47 Å². The summed E-state index contributed by atoms with van der Waals surface area (Å²) in [5, 5.41) is 0. The summed E-state index contributed by atoms with van der Waals surface area (Å²) in [5.74, 6) is -0.148. The van der Waals surface area contributed by atoms with Crippen LogP contribution in [0.15, 0.2) is 36.7 Å². The molecule has 1 aromatic heterocycles. The van der Waals surface area contributed by atoms with E-state index in [9.17, 15) is 14.4 Å². The molecule has 2 heterocycles. The second-order valence-corrected chi connectivity index (χ2v) is 6.16. The van der Waals surface area contributed by atoms with Crippen LogP contribution in [-0.2, 0) is 14.3 Å². The van der Waals surface area contributed by atoms with Gasteiger partial charge in [-0.3, -0.25) is 4.79 Å². The molecule has 3 rings (SSSR count). The molecule has 0 atom stereocenters. The molecule has 0 bridgehead atoms. The lowest BCUT2D eigenvalue weighted by Crippen LogP contribution is -2.51.